The van der Waals surface area contributed by atoms with Gasteiger partial charge in [0.2, 0.25) is 5.95 Å². The van der Waals surface area contributed by atoms with Crippen LogP contribution in [0.4, 0.5) is 5.95 Å². The van der Waals surface area contributed by atoms with Crippen LogP contribution in [0.1, 0.15) is 25.8 Å². The van der Waals surface area contributed by atoms with Crippen molar-refractivity contribution in [1.82, 2.24) is 15.0 Å². The second kappa shape index (κ2) is 7.42. The largest absolute Gasteiger partial charge is 0.467 e. The zero-order valence-electron chi connectivity index (χ0n) is 12.6. The van der Waals surface area contributed by atoms with Crippen LogP contribution in [0.15, 0.2) is 24.3 Å². The Labute approximate surface area is 124 Å². The Morgan fingerprint density at radius 2 is 1.90 bits per heavy atom. The highest BCUT2D eigenvalue weighted by Crippen LogP contribution is 2.21. The summed E-state index contributed by atoms with van der Waals surface area (Å²) in [4.78, 5) is 12.5. The van der Waals surface area contributed by atoms with Crippen LogP contribution in [-0.2, 0) is 6.42 Å². The normalized spacial score (nSPS) is 10.2. The number of nitrogens with one attached hydrogen (secondary N) is 1. The lowest BCUT2D eigenvalue weighted by atomic mass is 10.2. The number of anilines is 1. The van der Waals surface area contributed by atoms with Crippen LogP contribution in [0.3, 0.4) is 0 Å². The molecule has 0 spiro atoms. The summed E-state index contributed by atoms with van der Waals surface area (Å²) in [6.45, 7) is 4.94. The van der Waals surface area contributed by atoms with Crippen LogP contribution < -0.4 is 14.8 Å². The van der Waals surface area contributed by atoms with Crippen LogP contribution >= 0.6 is 0 Å². The molecule has 1 heterocycles. The van der Waals surface area contributed by atoms with E-state index in [-0.39, 0.29) is 12.0 Å². The quantitative estimate of drug-likeness (QED) is 0.844. The molecule has 0 fully saturated rings. The molecule has 0 aliphatic carbocycles. The summed E-state index contributed by atoms with van der Waals surface area (Å²) in [5.41, 5.74) is 1.19. The Bertz CT molecular complexity index is 590. The van der Waals surface area contributed by atoms with E-state index in [1.165, 1.54) is 12.7 Å². The zero-order valence-corrected chi connectivity index (χ0v) is 12.6. The van der Waals surface area contributed by atoms with E-state index in [2.05, 4.69) is 40.2 Å². The van der Waals surface area contributed by atoms with Gasteiger partial charge in [-0.2, -0.15) is 9.97 Å². The molecule has 1 aromatic carbocycles. The molecule has 21 heavy (non-hydrogen) atoms. The Morgan fingerprint density at radius 3 is 2.62 bits per heavy atom. The molecule has 6 heteroatoms. The molecule has 0 saturated heterocycles. The van der Waals surface area contributed by atoms with E-state index in [9.17, 15) is 0 Å². The van der Waals surface area contributed by atoms with Crippen molar-refractivity contribution in [3.05, 3.63) is 29.8 Å². The average Bonchev–Trinajstić information content (AvgIpc) is 2.52. The molecule has 2 aromatic rings. The van der Waals surface area contributed by atoms with E-state index in [1.807, 2.05) is 18.2 Å². The molecule has 0 aliphatic heterocycles. The van der Waals surface area contributed by atoms with Gasteiger partial charge in [-0.3, -0.25) is 0 Å². The summed E-state index contributed by atoms with van der Waals surface area (Å²) < 4.78 is 10.8. The highest BCUT2D eigenvalue weighted by Gasteiger charge is 2.08. The summed E-state index contributed by atoms with van der Waals surface area (Å²) in [7, 11) is 1.51. The monoisotopic (exact) mass is 288 g/mol. The Morgan fingerprint density at radius 1 is 1.10 bits per heavy atom. The number of aryl methyl sites for hydroxylation is 1. The molecular weight excluding hydrogens is 268 g/mol. The summed E-state index contributed by atoms with van der Waals surface area (Å²) >= 11 is 0. The average molecular weight is 288 g/mol. The summed E-state index contributed by atoms with van der Waals surface area (Å²) in [5.74, 6) is 1.15. The van der Waals surface area contributed by atoms with E-state index in [0.29, 0.717) is 11.7 Å². The van der Waals surface area contributed by atoms with Crippen molar-refractivity contribution in [1.29, 1.82) is 0 Å². The van der Waals surface area contributed by atoms with Crippen LogP contribution in [-0.4, -0.2) is 28.6 Å². The molecule has 6 nitrogen and oxygen atoms in total. The number of aromatic nitrogens is 3. The predicted octanol–water partition coefficient (Wildman–Crippen LogP) is 3.06. The Kier molecular flexibility index (Phi) is 5.31. The van der Waals surface area contributed by atoms with Gasteiger partial charge in [0.25, 0.3) is 0 Å². The van der Waals surface area contributed by atoms with Gasteiger partial charge in [0.05, 0.1) is 7.11 Å². The third kappa shape index (κ3) is 4.30. The van der Waals surface area contributed by atoms with Crippen molar-refractivity contribution < 1.29 is 9.47 Å². The maximum absolute atomic E-state index is 5.70. The van der Waals surface area contributed by atoms with E-state index >= 15 is 0 Å². The highest BCUT2D eigenvalue weighted by atomic mass is 16.5. The van der Waals surface area contributed by atoms with Crippen LogP contribution in [0.2, 0.25) is 0 Å². The molecule has 0 radical (unpaired) electrons. The van der Waals surface area contributed by atoms with Gasteiger partial charge in [-0.15, -0.1) is 4.98 Å². The van der Waals surface area contributed by atoms with Gasteiger partial charge in [0, 0.05) is 6.54 Å². The lowest BCUT2D eigenvalue weighted by Crippen LogP contribution is -2.07. The first-order valence-electron chi connectivity index (χ1n) is 7.05. The van der Waals surface area contributed by atoms with E-state index in [1.54, 1.807) is 0 Å². The van der Waals surface area contributed by atoms with Crippen molar-refractivity contribution in [2.24, 2.45) is 0 Å². The van der Waals surface area contributed by atoms with Crippen molar-refractivity contribution in [2.75, 3.05) is 19.0 Å². The topological polar surface area (TPSA) is 69.2 Å². The van der Waals surface area contributed by atoms with E-state index in [4.69, 9.17) is 9.47 Å². The zero-order chi connectivity index (χ0) is 15.1. The minimum absolute atomic E-state index is 0.216. The van der Waals surface area contributed by atoms with Crippen molar-refractivity contribution in [2.45, 2.75) is 26.7 Å². The van der Waals surface area contributed by atoms with Gasteiger partial charge in [0.15, 0.2) is 0 Å². The number of rotatable bonds is 7. The summed E-state index contributed by atoms with van der Waals surface area (Å²) in [6.07, 6.45) is 1.92. The first-order chi connectivity index (χ1) is 10.2. The predicted molar refractivity (Wildman–Crippen MR) is 81.1 cm³/mol. The molecule has 0 unspecified atom stereocenters. The number of ether oxygens (including phenoxy) is 2. The number of hydrogen-bond acceptors (Lipinski definition) is 6. The molecule has 0 bridgehead atoms. The first kappa shape index (κ1) is 15.0. The minimum atomic E-state index is 0.216. The van der Waals surface area contributed by atoms with E-state index < -0.39 is 0 Å². The third-order valence-corrected chi connectivity index (χ3v) is 2.83. The SMILES string of the molecule is CCCNc1nc(OC)nc(Oc2cccc(CC)c2)n1. The Hall–Kier alpha value is -2.37. The third-order valence-electron chi connectivity index (χ3n) is 2.83. The fraction of sp³-hybridized carbons (Fsp3) is 0.400. The molecule has 112 valence electrons. The molecule has 2 rings (SSSR count). The van der Waals surface area contributed by atoms with Crippen LogP contribution in [0, 0.1) is 0 Å². The van der Waals surface area contributed by atoms with Crippen molar-refractivity contribution >= 4 is 5.95 Å². The molecule has 1 aromatic heterocycles. The van der Waals surface area contributed by atoms with Gasteiger partial charge in [-0.1, -0.05) is 26.0 Å². The van der Waals surface area contributed by atoms with Gasteiger partial charge in [0.1, 0.15) is 5.75 Å². The second-order valence-corrected chi connectivity index (χ2v) is 4.46. The van der Waals surface area contributed by atoms with Gasteiger partial charge >= 0.3 is 12.0 Å². The molecule has 0 amide bonds. The maximum Gasteiger partial charge on any atom is 0.330 e. The van der Waals surface area contributed by atoms with Gasteiger partial charge in [-0.25, -0.2) is 0 Å². The summed E-state index contributed by atoms with van der Waals surface area (Å²) in [5, 5.41) is 3.10. The van der Waals surface area contributed by atoms with Crippen LogP contribution in [0.5, 0.6) is 17.8 Å². The highest BCUT2D eigenvalue weighted by molar-refractivity contribution is 5.32. The number of methoxy groups -OCH3 is 1. The van der Waals surface area contributed by atoms with E-state index in [0.717, 1.165) is 19.4 Å². The fourth-order valence-corrected chi connectivity index (χ4v) is 1.73. The smallest absolute Gasteiger partial charge is 0.330 e. The lowest BCUT2D eigenvalue weighted by molar-refractivity contribution is 0.360. The number of hydrogen-bond donors (Lipinski definition) is 1. The van der Waals surface area contributed by atoms with Gasteiger partial charge < -0.3 is 14.8 Å². The van der Waals surface area contributed by atoms with Crippen molar-refractivity contribution in [3.63, 3.8) is 0 Å². The molecule has 0 saturated carbocycles. The minimum Gasteiger partial charge on any atom is -0.467 e. The summed E-state index contributed by atoms with van der Waals surface area (Å²) in [6, 6.07) is 8.28. The number of benzene rings is 1. The molecule has 0 atom stereocenters. The molecule has 0 aliphatic rings. The first-order valence-corrected chi connectivity index (χ1v) is 7.05. The van der Waals surface area contributed by atoms with Crippen molar-refractivity contribution in [3.8, 4) is 17.8 Å². The fourth-order valence-electron chi connectivity index (χ4n) is 1.73. The Balaban J connectivity index is 2.21. The number of nitrogens with zero attached hydrogens (tertiary/aromatic N) is 3. The molecular formula is C15H20N4O2. The van der Waals surface area contributed by atoms with Gasteiger partial charge in [-0.05, 0) is 30.5 Å². The maximum atomic E-state index is 5.70. The molecule has 1 N–H and O–H groups in total. The van der Waals surface area contributed by atoms with Crippen LogP contribution in [0.25, 0.3) is 0 Å². The standard InChI is InChI=1S/C15H20N4O2/c1-4-9-16-13-17-14(20-3)19-15(18-13)21-12-8-6-7-11(5-2)10-12/h6-8,10H,4-5,9H2,1-3H3,(H,16,17,18,19). The second-order valence-electron chi connectivity index (χ2n) is 4.46. The lowest BCUT2D eigenvalue weighted by Gasteiger charge is -2.08.